The molecule has 2 heterocycles. The summed E-state index contributed by atoms with van der Waals surface area (Å²) >= 11 is 6.40. The van der Waals surface area contributed by atoms with Gasteiger partial charge in [-0.05, 0) is 23.3 Å². The Morgan fingerprint density at radius 1 is 0.828 bits per heavy atom. The number of pyridine rings is 1. The number of anilines is 3. The Balaban J connectivity index is 1.65. The SMILES string of the molecule is OCNc1cncc(Nc2ncc(Cl)c(-c3cccc(-c4ccccc4)c3)n2)c1. The van der Waals surface area contributed by atoms with E-state index < -0.39 is 0 Å². The predicted octanol–water partition coefficient (Wildman–Crippen LogP) is 4.96. The van der Waals surface area contributed by atoms with Gasteiger partial charge in [-0.2, -0.15) is 0 Å². The lowest BCUT2D eigenvalue weighted by Gasteiger charge is -2.10. The van der Waals surface area contributed by atoms with Crippen LogP contribution in [-0.2, 0) is 0 Å². The molecule has 0 aliphatic heterocycles. The molecule has 29 heavy (non-hydrogen) atoms. The second kappa shape index (κ2) is 8.68. The Kier molecular flexibility index (Phi) is 5.65. The number of hydrogen-bond acceptors (Lipinski definition) is 6. The molecule has 4 rings (SSSR count). The van der Waals surface area contributed by atoms with E-state index in [1.807, 2.05) is 30.3 Å². The van der Waals surface area contributed by atoms with Crippen LogP contribution in [0, 0.1) is 0 Å². The van der Waals surface area contributed by atoms with Crippen LogP contribution in [0.4, 0.5) is 17.3 Å². The van der Waals surface area contributed by atoms with Gasteiger partial charge in [-0.1, -0.05) is 60.1 Å². The van der Waals surface area contributed by atoms with Gasteiger partial charge in [-0.25, -0.2) is 9.97 Å². The third-order valence-corrected chi connectivity index (χ3v) is 4.54. The van der Waals surface area contributed by atoms with Gasteiger partial charge in [0.1, 0.15) is 6.73 Å². The maximum Gasteiger partial charge on any atom is 0.227 e. The number of aliphatic hydroxyl groups is 1. The zero-order chi connectivity index (χ0) is 20.1. The number of nitrogens with zero attached hydrogens (tertiary/aromatic N) is 3. The molecule has 0 unspecified atom stereocenters. The zero-order valence-electron chi connectivity index (χ0n) is 15.4. The average molecular weight is 404 g/mol. The Labute approximate surface area is 173 Å². The molecule has 0 spiro atoms. The first-order chi connectivity index (χ1) is 14.2. The molecule has 2 aromatic carbocycles. The average Bonchev–Trinajstić information content (AvgIpc) is 2.76. The van der Waals surface area contributed by atoms with Crippen LogP contribution >= 0.6 is 11.6 Å². The summed E-state index contributed by atoms with van der Waals surface area (Å²) in [5.74, 6) is 0.400. The van der Waals surface area contributed by atoms with E-state index in [0.717, 1.165) is 16.7 Å². The summed E-state index contributed by atoms with van der Waals surface area (Å²) in [5, 5.41) is 15.4. The van der Waals surface area contributed by atoms with E-state index in [1.54, 1.807) is 24.7 Å². The minimum atomic E-state index is -0.176. The Hall–Kier alpha value is -3.48. The molecule has 7 heteroatoms. The number of hydrogen-bond donors (Lipinski definition) is 3. The maximum atomic E-state index is 9.00. The van der Waals surface area contributed by atoms with Crippen molar-refractivity contribution in [1.82, 2.24) is 15.0 Å². The third-order valence-electron chi connectivity index (χ3n) is 4.26. The van der Waals surface area contributed by atoms with Crippen molar-refractivity contribution < 1.29 is 5.11 Å². The molecule has 0 aliphatic carbocycles. The van der Waals surface area contributed by atoms with Crippen LogP contribution in [0.5, 0.6) is 0 Å². The van der Waals surface area contributed by atoms with Crippen LogP contribution in [0.15, 0.2) is 79.3 Å². The molecular formula is C22H18ClN5O. The van der Waals surface area contributed by atoms with Gasteiger partial charge in [0.25, 0.3) is 0 Å². The fourth-order valence-corrected chi connectivity index (χ4v) is 3.13. The molecule has 0 saturated heterocycles. The molecule has 0 aliphatic rings. The van der Waals surface area contributed by atoms with Crippen molar-refractivity contribution in [3.05, 3.63) is 84.3 Å². The number of rotatable bonds is 6. The molecule has 4 aromatic rings. The second-order valence-electron chi connectivity index (χ2n) is 6.26. The van der Waals surface area contributed by atoms with Crippen molar-refractivity contribution in [2.24, 2.45) is 0 Å². The van der Waals surface area contributed by atoms with Crippen LogP contribution in [0.2, 0.25) is 5.02 Å². The van der Waals surface area contributed by atoms with Gasteiger partial charge in [-0.15, -0.1) is 0 Å². The second-order valence-corrected chi connectivity index (χ2v) is 6.67. The van der Waals surface area contributed by atoms with E-state index in [1.165, 1.54) is 0 Å². The summed E-state index contributed by atoms with van der Waals surface area (Å²) in [6, 6.07) is 20.0. The molecule has 0 bridgehead atoms. The first kappa shape index (κ1) is 18.9. The van der Waals surface area contributed by atoms with Crippen molar-refractivity contribution >= 4 is 28.9 Å². The van der Waals surface area contributed by atoms with Gasteiger partial charge in [0.05, 0.1) is 40.7 Å². The summed E-state index contributed by atoms with van der Waals surface area (Å²) < 4.78 is 0. The molecule has 0 amide bonds. The normalized spacial score (nSPS) is 10.6. The summed E-state index contributed by atoms with van der Waals surface area (Å²) in [6.07, 6.45) is 4.84. The van der Waals surface area contributed by atoms with Crippen LogP contribution in [0.25, 0.3) is 22.4 Å². The number of halogens is 1. The molecule has 0 atom stereocenters. The third kappa shape index (κ3) is 4.51. The molecule has 2 aromatic heterocycles. The van der Waals surface area contributed by atoms with Gasteiger partial charge in [0.2, 0.25) is 5.95 Å². The van der Waals surface area contributed by atoms with Crippen molar-refractivity contribution in [2.45, 2.75) is 0 Å². The van der Waals surface area contributed by atoms with E-state index in [9.17, 15) is 0 Å². The highest BCUT2D eigenvalue weighted by Crippen LogP contribution is 2.30. The monoisotopic (exact) mass is 403 g/mol. The molecule has 0 radical (unpaired) electrons. The number of aliphatic hydroxyl groups excluding tert-OH is 1. The molecule has 0 fully saturated rings. The maximum absolute atomic E-state index is 9.00. The lowest BCUT2D eigenvalue weighted by Crippen LogP contribution is -2.02. The summed E-state index contributed by atoms with van der Waals surface area (Å²) in [4.78, 5) is 13.0. The lowest BCUT2D eigenvalue weighted by atomic mass is 10.0. The van der Waals surface area contributed by atoms with Crippen LogP contribution < -0.4 is 10.6 Å². The molecule has 3 N–H and O–H groups in total. The Bertz CT molecular complexity index is 1120. The zero-order valence-corrected chi connectivity index (χ0v) is 16.1. The van der Waals surface area contributed by atoms with Crippen molar-refractivity contribution in [1.29, 1.82) is 0 Å². The highest BCUT2D eigenvalue weighted by Gasteiger charge is 2.10. The quantitative estimate of drug-likeness (QED) is 0.394. The van der Waals surface area contributed by atoms with Crippen LogP contribution in [-0.4, -0.2) is 26.8 Å². The predicted molar refractivity (Wildman–Crippen MR) is 116 cm³/mol. The van der Waals surface area contributed by atoms with E-state index in [-0.39, 0.29) is 6.73 Å². The summed E-state index contributed by atoms with van der Waals surface area (Å²) in [5.41, 5.74) is 5.11. The minimum absolute atomic E-state index is 0.176. The van der Waals surface area contributed by atoms with Crippen molar-refractivity contribution in [3.8, 4) is 22.4 Å². The minimum Gasteiger partial charge on any atom is -0.377 e. The highest BCUT2D eigenvalue weighted by atomic mass is 35.5. The molecule has 144 valence electrons. The fourth-order valence-electron chi connectivity index (χ4n) is 2.93. The largest absolute Gasteiger partial charge is 0.377 e. The van der Waals surface area contributed by atoms with Crippen molar-refractivity contribution in [2.75, 3.05) is 17.4 Å². The standard InChI is InChI=1S/C22H18ClN5O/c23-20-13-25-22(27-19-10-18(26-14-29)11-24-12-19)28-21(20)17-8-4-7-16(9-17)15-5-2-1-3-6-15/h1-13,26,29H,14H2,(H,25,27,28). The van der Waals surface area contributed by atoms with E-state index >= 15 is 0 Å². The summed E-state index contributed by atoms with van der Waals surface area (Å²) in [6.45, 7) is -0.176. The molecule has 0 saturated carbocycles. The number of aromatic nitrogens is 3. The first-order valence-electron chi connectivity index (χ1n) is 8.98. The van der Waals surface area contributed by atoms with E-state index in [0.29, 0.717) is 28.0 Å². The first-order valence-corrected chi connectivity index (χ1v) is 9.36. The lowest BCUT2D eigenvalue weighted by molar-refractivity contribution is 0.325. The Morgan fingerprint density at radius 2 is 1.59 bits per heavy atom. The molecule has 6 nitrogen and oxygen atoms in total. The van der Waals surface area contributed by atoms with Gasteiger partial charge in [-0.3, -0.25) is 4.98 Å². The van der Waals surface area contributed by atoms with E-state index in [2.05, 4.69) is 49.9 Å². The topological polar surface area (TPSA) is 83.0 Å². The van der Waals surface area contributed by atoms with Gasteiger partial charge in [0.15, 0.2) is 0 Å². The smallest absolute Gasteiger partial charge is 0.227 e. The van der Waals surface area contributed by atoms with Crippen LogP contribution in [0.1, 0.15) is 0 Å². The van der Waals surface area contributed by atoms with Gasteiger partial charge in [0, 0.05) is 5.56 Å². The van der Waals surface area contributed by atoms with Crippen molar-refractivity contribution in [3.63, 3.8) is 0 Å². The molecular weight excluding hydrogens is 386 g/mol. The fraction of sp³-hybridized carbons (Fsp3) is 0.0455. The van der Waals surface area contributed by atoms with Gasteiger partial charge >= 0.3 is 0 Å². The van der Waals surface area contributed by atoms with E-state index in [4.69, 9.17) is 16.7 Å². The van der Waals surface area contributed by atoms with Gasteiger partial charge < -0.3 is 15.7 Å². The van der Waals surface area contributed by atoms with Crippen LogP contribution in [0.3, 0.4) is 0 Å². The number of benzene rings is 2. The highest BCUT2D eigenvalue weighted by molar-refractivity contribution is 6.32. The Morgan fingerprint density at radius 3 is 2.41 bits per heavy atom. The summed E-state index contributed by atoms with van der Waals surface area (Å²) in [7, 11) is 0. The number of nitrogens with one attached hydrogen (secondary N) is 2.